The van der Waals surface area contributed by atoms with Crippen LogP contribution in [0.3, 0.4) is 0 Å². The van der Waals surface area contributed by atoms with Crippen molar-refractivity contribution < 1.29 is 9.59 Å². The van der Waals surface area contributed by atoms with Crippen LogP contribution in [-0.2, 0) is 16.1 Å². The number of carbonyl (C=O) groups excluding carboxylic acids is 2. The molecule has 1 aromatic heterocycles. The van der Waals surface area contributed by atoms with Gasteiger partial charge < -0.3 is 14.8 Å². The van der Waals surface area contributed by atoms with Crippen LogP contribution < -0.4 is 5.32 Å². The Labute approximate surface area is 124 Å². The van der Waals surface area contributed by atoms with Gasteiger partial charge in [0, 0.05) is 25.5 Å². The SMILES string of the molecule is Cc1nccn1CCN1C(=O)C(C)(C)NC(=O)C1C1CC1. The lowest BCUT2D eigenvalue weighted by atomic mass is 9.95. The highest BCUT2D eigenvalue weighted by Crippen LogP contribution is 2.38. The number of imidazole rings is 1. The number of aromatic nitrogens is 2. The number of nitrogens with one attached hydrogen (secondary N) is 1. The van der Waals surface area contributed by atoms with Crippen LogP contribution in [0.2, 0.25) is 0 Å². The molecule has 1 N–H and O–H groups in total. The zero-order chi connectivity index (χ0) is 15.2. The molecule has 1 aliphatic heterocycles. The molecular formula is C15H22N4O2. The normalized spacial score (nSPS) is 25.1. The van der Waals surface area contributed by atoms with Crippen molar-refractivity contribution in [3.05, 3.63) is 18.2 Å². The molecule has 1 aromatic rings. The van der Waals surface area contributed by atoms with E-state index in [4.69, 9.17) is 0 Å². The molecule has 1 atom stereocenters. The molecular weight excluding hydrogens is 268 g/mol. The third kappa shape index (κ3) is 2.54. The van der Waals surface area contributed by atoms with Gasteiger partial charge in [0.15, 0.2) is 0 Å². The van der Waals surface area contributed by atoms with Crippen LogP contribution in [0.4, 0.5) is 0 Å². The summed E-state index contributed by atoms with van der Waals surface area (Å²) in [5.74, 6) is 1.25. The lowest BCUT2D eigenvalue weighted by Gasteiger charge is -2.43. The van der Waals surface area contributed by atoms with Crippen molar-refractivity contribution in [1.82, 2.24) is 19.8 Å². The van der Waals surface area contributed by atoms with Gasteiger partial charge in [-0.1, -0.05) is 0 Å². The number of piperazine rings is 1. The number of amides is 2. The maximum absolute atomic E-state index is 12.7. The highest BCUT2D eigenvalue weighted by Gasteiger charge is 2.50. The van der Waals surface area contributed by atoms with Gasteiger partial charge in [-0.3, -0.25) is 9.59 Å². The predicted octanol–water partition coefficient (Wildman–Crippen LogP) is 0.707. The first kappa shape index (κ1) is 14.1. The van der Waals surface area contributed by atoms with Crippen LogP contribution in [0, 0.1) is 12.8 Å². The van der Waals surface area contributed by atoms with Crippen molar-refractivity contribution >= 4 is 11.8 Å². The van der Waals surface area contributed by atoms with Crippen molar-refractivity contribution in [2.24, 2.45) is 5.92 Å². The van der Waals surface area contributed by atoms with E-state index >= 15 is 0 Å². The molecule has 6 heteroatoms. The van der Waals surface area contributed by atoms with Crippen LogP contribution in [0.5, 0.6) is 0 Å². The molecule has 2 amide bonds. The van der Waals surface area contributed by atoms with Gasteiger partial charge in [-0.25, -0.2) is 4.98 Å². The number of carbonyl (C=O) groups is 2. The molecule has 2 aliphatic rings. The van der Waals surface area contributed by atoms with Gasteiger partial charge in [-0.15, -0.1) is 0 Å². The van der Waals surface area contributed by atoms with E-state index < -0.39 is 5.54 Å². The lowest BCUT2D eigenvalue weighted by Crippen LogP contribution is -2.68. The molecule has 2 fully saturated rings. The summed E-state index contributed by atoms with van der Waals surface area (Å²) in [5, 5.41) is 2.86. The summed E-state index contributed by atoms with van der Waals surface area (Å²) >= 11 is 0. The van der Waals surface area contributed by atoms with Gasteiger partial charge in [-0.05, 0) is 39.5 Å². The fourth-order valence-electron chi connectivity index (χ4n) is 3.04. The molecule has 1 saturated carbocycles. The average Bonchev–Trinajstić information content (AvgIpc) is 3.15. The van der Waals surface area contributed by atoms with Crippen molar-refractivity contribution in [3.8, 4) is 0 Å². The minimum Gasteiger partial charge on any atom is -0.340 e. The maximum Gasteiger partial charge on any atom is 0.248 e. The summed E-state index contributed by atoms with van der Waals surface area (Å²) in [4.78, 5) is 31.0. The molecule has 2 heterocycles. The van der Waals surface area contributed by atoms with E-state index in [1.54, 1.807) is 24.9 Å². The first-order valence-electron chi connectivity index (χ1n) is 7.51. The van der Waals surface area contributed by atoms with Gasteiger partial charge in [0.1, 0.15) is 17.4 Å². The summed E-state index contributed by atoms with van der Waals surface area (Å²) in [6.07, 6.45) is 5.72. The summed E-state index contributed by atoms with van der Waals surface area (Å²) in [5.41, 5.74) is -0.813. The summed E-state index contributed by atoms with van der Waals surface area (Å²) in [6.45, 7) is 6.70. The van der Waals surface area contributed by atoms with E-state index in [-0.39, 0.29) is 17.9 Å². The zero-order valence-electron chi connectivity index (χ0n) is 12.8. The average molecular weight is 290 g/mol. The first-order valence-corrected chi connectivity index (χ1v) is 7.51. The Morgan fingerprint density at radius 1 is 1.33 bits per heavy atom. The molecule has 1 saturated heterocycles. The second-order valence-corrected chi connectivity index (χ2v) is 6.56. The van der Waals surface area contributed by atoms with Gasteiger partial charge in [0.2, 0.25) is 11.8 Å². The van der Waals surface area contributed by atoms with E-state index in [0.29, 0.717) is 19.0 Å². The van der Waals surface area contributed by atoms with Crippen LogP contribution >= 0.6 is 0 Å². The number of rotatable bonds is 4. The van der Waals surface area contributed by atoms with Gasteiger partial charge in [-0.2, -0.15) is 0 Å². The Morgan fingerprint density at radius 2 is 2.05 bits per heavy atom. The smallest absolute Gasteiger partial charge is 0.248 e. The Bertz CT molecular complexity index is 574. The fourth-order valence-corrected chi connectivity index (χ4v) is 3.04. The minimum absolute atomic E-state index is 0.00977. The van der Waals surface area contributed by atoms with Crippen LogP contribution in [-0.4, -0.2) is 44.4 Å². The van der Waals surface area contributed by atoms with Crippen molar-refractivity contribution in [2.75, 3.05) is 6.54 Å². The Hall–Kier alpha value is -1.85. The number of aryl methyl sites for hydroxylation is 1. The molecule has 1 unspecified atom stereocenters. The Morgan fingerprint density at radius 3 is 2.62 bits per heavy atom. The first-order chi connectivity index (χ1) is 9.90. The van der Waals surface area contributed by atoms with Crippen molar-refractivity contribution in [2.45, 2.75) is 51.7 Å². The largest absolute Gasteiger partial charge is 0.340 e. The standard InChI is InChI=1S/C15H22N4O2/c1-10-16-6-7-18(10)8-9-19-12(11-4-5-11)13(20)17-15(2,3)14(19)21/h6-7,11-12H,4-5,8-9H2,1-3H3,(H,17,20). The lowest BCUT2D eigenvalue weighted by molar-refractivity contribution is -0.154. The third-order valence-electron chi connectivity index (χ3n) is 4.41. The van der Waals surface area contributed by atoms with E-state index in [1.165, 1.54) is 0 Å². The second kappa shape index (κ2) is 4.86. The fraction of sp³-hybridized carbons (Fsp3) is 0.667. The number of nitrogens with zero attached hydrogens (tertiary/aromatic N) is 3. The molecule has 0 radical (unpaired) electrons. The van der Waals surface area contributed by atoms with Crippen molar-refractivity contribution in [1.29, 1.82) is 0 Å². The molecule has 114 valence electrons. The minimum atomic E-state index is -0.813. The molecule has 6 nitrogen and oxygen atoms in total. The van der Waals surface area contributed by atoms with E-state index in [9.17, 15) is 9.59 Å². The van der Waals surface area contributed by atoms with Gasteiger partial charge in [0.25, 0.3) is 0 Å². The highest BCUT2D eigenvalue weighted by atomic mass is 16.2. The van der Waals surface area contributed by atoms with E-state index in [0.717, 1.165) is 18.7 Å². The topological polar surface area (TPSA) is 67.2 Å². The monoisotopic (exact) mass is 290 g/mol. The summed E-state index contributed by atoms with van der Waals surface area (Å²) < 4.78 is 2.01. The van der Waals surface area contributed by atoms with Gasteiger partial charge >= 0.3 is 0 Å². The van der Waals surface area contributed by atoms with E-state index in [2.05, 4.69) is 10.3 Å². The van der Waals surface area contributed by atoms with Crippen LogP contribution in [0.1, 0.15) is 32.5 Å². The second-order valence-electron chi connectivity index (χ2n) is 6.56. The Kier molecular flexibility index (Phi) is 3.26. The van der Waals surface area contributed by atoms with Crippen molar-refractivity contribution in [3.63, 3.8) is 0 Å². The molecule has 1 aliphatic carbocycles. The quantitative estimate of drug-likeness (QED) is 0.888. The maximum atomic E-state index is 12.7. The van der Waals surface area contributed by atoms with Crippen LogP contribution in [0.25, 0.3) is 0 Å². The van der Waals surface area contributed by atoms with E-state index in [1.807, 2.05) is 17.7 Å². The molecule has 3 rings (SSSR count). The molecule has 0 aromatic carbocycles. The number of hydrogen-bond donors (Lipinski definition) is 1. The molecule has 0 bridgehead atoms. The zero-order valence-corrected chi connectivity index (χ0v) is 12.8. The highest BCUT2D eigenvalue weighted by molar-refractivity contribution is 5.99. The third-order valence-corrected chi connectivity index (χ3v) is 4.41. The van der Waals surface area contributed by atoms with Gasteiger partial charge in [0.05, 0.1) is 0 Å². The molecule has 21 heavy (non-hydrogen) atoms. The van der Waals surface area contributed by atoms with Crippen LogP contribution in [0.15, 0.2) is 12.4 Å². The molecule has 0 spiro atoms. The number of hydrogen-bond acceptors (Lipinski definition) is 3. The summed E-state index contributed by atoms with van der Waals surface area (Å²) in [7, 11) is 0. The summed E-state index contributed by atoms with van der Waals surface area (Å²) in [6, 6.07) is -0.297. The Balaban J connectivity index is 1.79. The predicted molar refractivity (Wildman–Crippen MR) is 77.4 cm³/mol.